The van der Waals surface area contributed by atoms with E-state index in [4.69, 9.17) is 14.2 Å². The minimum absolute atomic E-state index is 0. The third-order valence-electron chi connectivity index (χ3n) is 6.43. The molecule has 0 aromatic heterocycles. The van der Waals surface area contributed by atoms with Crippen LogP contribution in [0.25, 0.3) is 0 Å². The number of rotatable bonds is 7. The van der Waals surface area contributed by atoms with Crippen molar-refractivity contribution in [3.05, 3.63) is 48.5 Å². The van der Waals surface area contributed by atoms with E-state index in [0.29, 0.717) is 17.9 Å². The van der Waals surface area contributed by atoms with Crippen LogP contribution in [-0.4, -0.2) is 80.4 Å². The number of carbonyl (C=O) groups excluding carboxylic acids is 1. The van der Waals surface area contributed by atoms with E-state index < -0.39 is 16.8 Å². The van der Waals surface area contributed by atoms with Crippen LogP contribution in [0.15, 0.2) is 53.4 Å². The van der Waals surface area contributed by atoms with Gasteiger partial charge in [0.2, 0.25) is 0 Å². The number of aliphatic hydroxyl groups excluding tert-OH is 1. The third kappa shape index (κ3) is 5.74. The van der Waals surface area contributed by atoms with Gasteiger partial charge in [0.25, 0.3) is 0 Å². The molecule has 7 nitrogen and oxygen atoms in total. The lowest BCUT2D eigenvalue weighted by molar-refractivity contribution is -0.147. The van der Waals surface area contributed by atoms with E-state index in [2.05, 4.69) is 34.1 Å². The monoisotopic (exact) mass is 508 g/mol. The quantitative estimate of drug-likeness (QED) is 0.570. The summed E-state index contributed by atoms with van der Waals surface area (Å²) in [6.45, 7) is 4.80. The lowest BCUT2D eigenvalue weighted by Crippen LogP contribution is -2.50. The van der Waals surface area contributed by atoms with Crippen molar-refractivity contribution >= 4 is 35.8 Å². The molecular formula is C25H33ClN2O5S. The molecule has 0 spiro atoms. The number of hydrogen-bond donors (Lipinski definition) is 1. The van der Waals surface area contributed by atoms with Crippen molar-refractivity contribution in [1.82, 2.24) is 4.90 Å². The smallest absolute Gasteiger partial charge is 0.325 e. The SMILES string of the molecule is COC(=O)[C@]1(CCCN2CCN(c3ccccc3)CC2)Sc2ccc(OC)cc2OC[C@@H]1O.Cl. The summed E-state index contributed by atoms with van der Waals surface area (Å²) in [5, 5.41) is 11.0. The highest BCUT2D eigenvalue weighted by atomic mass is 35.5. The molecule has 0 unspecified atom stereocenters. The second-order valence-electron chi connectivity index (χ2n) is 8.39. The van der Waals surface area contributed by atoms with Gasteiger partial charge in [-0.2, -0.15) is 0 Å². The number of hydrogen-bond acceptors (Lipinski definition) is 8. The van der Waals surface area contributed by atoms with Gasteiger partial charge in [-0.15, -0.1) is 24.2 Å². The van der Waals surface area contributed by atoms with Crippen LogP contribution in [0, 0.1) is 0 Å². The van der Waals surface area contributed by atoms with Gasteiger partial charge in [-0.05, 0) is 43.7 Å². The van der Waals surface area contributed by atoms with Gasteiger partial charge in [0.15, 0.2) is 0 Å². The van der Waals surface area contributed by atoms with Crippen LogP contribution in [0.1, 0.15) is 12.8 Å². The first-order valence-electron chi connectivity index (χ1n) is 11.3. The Hall–Kier alpha value is -2.13. The number of esters is 1. The normalized spacial score (nSPS) is 22.6. The maximum absolute atomic E-state index is 13.0. The molecular weight excluding hydrogens is 476 g/mol. The summed E-state index contributed by atoms with van der Waals surface area (Å²) in [6, 6.07) is 16.0. The Bertz CT molecular complexity index is 942. The van der Waals surface area contributed by atoms with Crippen LogP contribution in [0.2, 0.25) is 0 Å². The predicted molar refractivity (Wildman–Crippen MR) is 137 cm³/mol. The molecule has 2 aromatic rings. The summed E-state index contributed by atoms with van der Waals surface area (Å²) >= 11 is 1.34. The average molecular weight is 509 g/mol. The van der Waals surface area contributed by atoms with Crippen molar-refractivity contribution in [2.24, 2.45) is 0 Å². The van der Waals surface area contributed by atoms with Gasteiger partial charge in [-0.3, -0.25) is 9.69 Å². The number of nitrogens with zero attached hydrogens (tertiary/aromatic N) is 2. The van der Waals surface area contributed by atoms with Crippen molar-refractivity contribution in [3.63, 3.8) is 0 Å². The van der Waals surface area contributed by atoms with Gasteiger partial charge in [0.1, 0.15) is 29.0 Å². The predicted octanol–water partition coefficient (Wildman–Crippen LogP) is 3.48. The highest BCUT2D eigenvalue weighted by Crippen LogP contribution is 2.47. The minimum Gasteiger partial charge on any atom is -0.497 e. The molecule has 1 saturated heterocycles. The Morgan fingerprint density at radius 3 is 2.56 bits per heavy atom. The zero-order chi connectivity index (χ0) is 23.3. The second-order valence-corrected chi connectivity index (χ2v) is 9.76. The van der Waals surface area contributed by atoms with Gasteiger partial charge in [0, 0.05) is 37.9 Å². The van der Waals surface area contributed by atoms with Crippen molar-refractivity contribution in [1.29, 1.82) is 0 Å². The Balaban J connectivity index is 0.00000324. The molecule has 0 radical (unpaired) electrons. The summed E-state index contributed by atoms with van der Waals surface area (Å²) < 4.78 is 15.2. The molecule has 0 saturated carbocycles. The fourth-order valence-electron chi connectivity index (χ4n) is 4.48. The number of anilines is 1. The fraction of sp³-hybridized carbons (Fsp3) is 0.480. The van der Waals surface area contributed by atoms with Crippen molar-refractivity contribution < 1.29 is 24.1 Å². The number of methoxy groups -OCH3 is 2. The summed E-state index contributed by atoms with van der Waals surface area (Å²) in [5.74, 6) is 0.867. The number of carbonyl (C=O) groups is 1. The van der Waals surface area contributed by atoms with Crippen LogP contribution < -0.4 is 14.4 Å². The van der Waals surface area contributed by atoms with Crippen molar-refractivity contribution in [3.8, 4) is 11.5 Å². The number of aliphatic hydroxyl groups is 1. The van der Waals surface area contributed by atoms with Crippen LogP contribution in [0.4, 0.5) is 5.69 Å². The highest BCUT2D eigenvalue weighted by Gasteiger charge is 2.49. The first-order valence-corrected chi connectivity index (χ1v) is 12.2. The zero-order valence-corrected chi connectivity index (χ0v) is 21.3. The van der Waals surface area contributed by atoms with Crippen molar-refractivity contribution in [2.45, 2.75) is 28.6 Å². The lowest BCUT2D eigenvalue weighted by atomic mass is 9.95. The third-order valence-corrected chi connectivity index (χ3v) is 7.99. The number of piperazine rings is 1. The van der Waals surface area contributed by atoms with E-state index >= 15 is 0 Å². The molecule has 2 aromatic carbocycles. The van der Waals surface area contributed by atoms with E-state index in [9.17, 15) is 9.90 Å². The van der Waals surface area contributed by atoms with E-state index in [1.54, 1.807) is 13.2 Å². The Morgan fingerprint density at radius 1 is 1.15 bits per heavy atom. The standard InChI is InChI=1S/C25H32N2O5S.ClH/c1-30-20-9-10-22-21(17-20)32-18-23(28)25(33-22,24(29)31-2)11-6-12-26-13-15-27(16-14-26)19-7-4-3-5-8-19;/h3-5,7-10,17,23,28H,6,11-16,18H2,1-2H3;1H/t23-,25+;/m0./s1. The molecule has 0 amide bonds. The van der Waals surface area contributed by atoms with E-state index in [-0.39, 0.29) is 19.0 Å². The van der Waals surface area contributed by atoms with Crippen LogP contribution in [0.5, 0.6) is 11.5 Å². The van der Waals surface area contributed by atoms with E-state index in [1.165, 1.54) is 24.6 Å². The summed E-state index contributed by atoms with van der Waals surface area (Å²) in [4.78, 5) is 18.6. The van der Waals surface area contributed by atoms with Crippen LogP contribution in [0.3, 0.4) is 0 Å². The first-order chi connectivity index (χ1) is 16.1. The fourth-order valence-corrected chi connectivity index (χ4v) is 5.85. The summed E-state index contributed by atoms with van der Waals surface area (Å²) in [6.07, 6.45) is 0.290. The average Bonchev–Trinajstić information content (AvgIpc) is 3.01. The number of para-hydroxylation sites is 1. The topological polar surface area (TPSA) is 71.5 Å². The molecule has 9 heteroatoms. The van der Waals surface area contributed by atoms with Gasteiger partial charge in [-0.25, -0.2) is 0 Å². The molecule has 34 heavy (non-hydrogen) atoms. The molecule has 2 atom stereocenters. The second kappa shape index (κ2) is 12.0. The van der Waals surface area contributed by atoms with Crippen LogP contribution >= 0.6 is 24.2 Å². The molecule has 2 heterocycles. The van der Waals surface area contributed by atoms with Gasteiger partial charge >= 0.3 is 5.97 Å². The molecule has 1 N–H and O–H groups in total. The Kier molecular flexibility index (Phi) is 9.36. The first kappa shape index (κ1) is 26.5. The summed E-state index contributed by atoms with van der Waals surface area (Å²) in [7, 11) is 2.97. The highest BCUT2D eigenvalue weighted by molar-refractivity contribution is 8.01. The molecule has 0 bridgehead atoms. The van der Waals surface area contributed by atoms with E-state index in [0.717, 1.165) is 44.0 Å². The lowest BCUT2D eigenvalue weighted by Gasteiger charge is -2.37. The number of halogens is 1. The largest absolute Gasteiger partial charge is 0.497 e. The van der Waals surface area contributed by atoms with Gasteiger partial charge in [0.05, 0.1) is 19.1 Å². The molecule has 2 aliphatic rings. The van der Waals surface area contributed by atoms with Gasteiger partial charge < -0.3 is 24.2 Å². The number of fused-ring (bicyclic) bond motifs is 1. The number of thioether (sulfide) groups is 1. The molecule has 1 fully saturated rings. The summed E-state index contributed by atoms with van der Waals surface area (Å²) in [5.41, 5.74) is 1.26. The Labute approximate surface area is 211 Å². The van der Waals surface area contributed by atoms with Crippen molar-refractivity contribution in [2.75, 3.05) is 58.5 Å². The molecule has 0 aliphatic carbocycles. The molecule has 4 rings (SSSR count). The maximum Gasteiger partial charge on any atom is 0.325 e. The Morgan fingerprint density at radius 2 is 1.88 bits per heavy atom. The molecule has 186 valence electrons. The number of benzene rings is 2. The van der Waals surface area contributed by atoms with Gasteiger partial charge in [-0.1, -0.05) is 18.2 Å². The van der Waals surface area contributed by atoms with Crippen LogP contribution in [-0.2, 0) is 9.53 Å². The van der Waals surface area contributed by atoms with E-state index in [1.807, 2.05) is 18.2 Å². The maximum atomic E-state index is 13.0. The molecule has 2 aliphatic heterocycles. The minimum atomic E-state index is -1.11. The zero-order valence-electron chi connectivity index (χ0n) is 19.6. The number of ether oxygens (including phenoxy) is 3.